The summed E-state index contributed by atoms with van der Waals surface area (Å²) < 4.78 is 13.1. The summed E-state index contributed by atoms with van der Waals surface area (Å²) in [6.07, 6.45) is 3.64. The van der Waals surface area contributed by atoms with Gasteiger partial charge in [-0.2, -0.15) is 5.10 Å². The van der Waals surface area contributed by atoms with Gasteiger partial charge in [-0.05, 0) is 37.8 Å². The highest BCUT2D eigenvalue weighted by Crippen LogP contribution is 2.40. The second-order valence-corrected chi connectivity index (χ2v) is 8.68. The van der Waals surface area contributed by atoms with Gasteiger partial charge in [0, 0.05) is 0 Å². The standard InChI is InChI=1S/C21H30N4O5/c1-12(13-6-4-3-5-7-13)20(28)29-10-15-17(26)18(27)21(2,30-15)16-9-8-14-19(22)23-11-24-25(14)16/h8-9,11-13,15,17-18,26-27H,3-7,10H2,1-2H3,(H2,22,23,24)/t12-,15-,17-,18-,21+/m1/s1. The highest BCUT2D eigenvalue weighted by Gasteiger charge is 2.54. The molecule has 2 aromatic rings. The molecule has 0 spiro atoms. The molecule has 4 rings (SSSR count). The summed E-state index contributed by atoms with van der Waals surface area (Å²) in [5.41, 5.74) is 5.75. The second kappa shape index (κ2) is 8.13. The Balaban J connectivity index is 1.46. The summed E-state index contributed by atoms with van der Waals surface area (Å²) in [4.78, 5) is 16.5. The number of nitrogen functional groups attached to an aromatic ring is 1. The third-order valence-electron chi connectivity index (χ3n) is 6.77. The molecule has 0 radical (unpaired) electrons. The zero-order chi connectivity index (χ0) is 21.5. The van der Waals surface area contributed by atoms with Gasteiger partial charge in [0.05, 0.1) is 11.6 Å². The van der Waals surface area contributed by atoms with E-state index in [1.54, 1.807) is 19.1 Å². The molecular weight excluding hydrogens is 388 g/mol. The molecule has 2 fully saturated rings. The Hall–Kier alpha value is -2.23. The van der Waals surface area contributed by atoms with Crippen molar-refractivity contribution >= 4 is 17.3 Å². The van der Waals surface area contributed by atoms with E-state index < -0.39 is 23.9 Å². The van der Waals surface area contributed by atoms with Gasteiger partial charge in [0.25, 0.3) is 0 Å². The van der Waals surface area contributed by atoms with E-state index in [0.717, 1.165) is 25.7 Å². The zero-order valence-corrected chi connectivity index (χ0v) is 17.4. The van der Waals surface area contributed by atoms with Crippen molar-refractivity contribution < 1.29 is 24.5 Å². The van der Waals surface area contributed by atoms with Gasteiger partial charge in [-0.1, -0.05) is 26.2 Å². The van der Waals surface area contributed by atoms with Crippen molar-refractivity contribution in [2.24, 2.45) is 11.8 Å². The molecule has 2 aliphatic rings. The van der Waals surface area contributed by atoms with Crippen LogP contribution in [-0.4, -0.2) is 55.7 Å². The normalized spacial score (nSPS) is 31.1. The van der Waals surface area contributed by atoms with Crippen molar-refractivity contribution in [2.75, 3.05) is 12.3 Å². The van der Waals surface area contributed by atoms with E-state index in [2.05, 4.69) is 10.1 Å². The smallest absolute Gasteiger partial charge is 0.309 e. The van der Waals surface area contributed by atoms with Crippen LogP contribution in [0.5, 0.6) is 0 Å². The first-order valence-corrected chi connectivity index (χ1v) is 10.6. The van der Waals surface area contributed by atoms with E-state index >= 15 is 0 Å². The molecule has 0 aromatic carbocycles. The van der Waals surface area contributed by atoms with E-state index in [1.807, 2.05) is 6.92 Å². The van der Waals surface area contributed by atoms with Crippen LogP contribution in [0.1, 0.15) is 51.6 Å². The Morgan fingerprint density at radius 1 is 1.37 bits per heavy atom. The number of carbonyl (C=O) groups is 1. The fraction of sp³-hybridized carbons (Fsp3) is 0.667. The van der Waals surface area contributed by atoms with Crippen LogP contribution >= 0.6 is 0 Å². The minimum absolute atomic E-state index is 0.121. The van der Waals surface area contributed by atoms with Crippen LogP contribution in [0.15, 0.2) is 18.5 Å². The molecule has 1 saturated heterocycles. The number of nitrogens with zero attached hydrogens (tertiary/aromatic N) is 3. The maximum absolute atomic E-state index is 12.5. The summed E-state index contributed by atoms with van der Waals surface area (Å²) in [5.74, 6) is 0.174. The fourth-order valence-electron chi connectivity index (χ4n) is 4.78. The predicted octanol–water partition coefficient (Wildman–Crippen LogP) is 1.41. The number of carbonyl (C=O) groups excluding carboxylic acids is 1. The highest BCUT2D eigenvalue weighted by molar-refractivity contribution is 5.72. The molecule has 1 aliphatic carbocycles. The molecule has 30 heavy (non-hydrogen) atoms. The lowest BCUT2D eigenvalue weighted by atomic mass is 9.81. The number of aliphatic hydroxyl groups is 2. The lowest BCUT2D eigenvalue weighted by molar-refractivity contribution is -0.158. The first-order chi connectivity index (χ1) is 14.3. The summed E-state index contributed by atoms with van der Waals surface area (Å²) in [7, 11) is 0. The van der Waals surface area contributed by atoms with Gasteiger partial charge >= 0.3 is 5.97 Å². The number of hydrogen-bond acceptors (Lipinski definition) is 8. The van der Waals surface area contributed by atoms with Crippen LogP contribution in [0.3, 0.4) is 0 Å². The second-order valence-electron chi connectivity index (χ2n) is 8.68. The number of aromatic nitrogens is 3. The third-order valence-corrected chi connectivity index (χ3v) is 6.77. The molecule has 0 unspecified atom stereocenters. The van der Waals surface area contributed by atoms with Crippen LogP contribution in [0.4, 0.5) is 5.82 Å². The number of rotatable bonds is 5. The molecule has 0 amide bonds. The van der Waals surface area contributed by atoms with Gasteiger partial charge in [-0.3, -0.25) is 4.79 Å². The van der Waals surface area contributed by atoms with Crippen molar-refractivity contribution in [3.8, 4) is 0 Å². The van der Waals surface area contributed by atoms with Crippen molar-refractivity contribution in [3.05, 3.63) is 24.2 Å². The number of aliphatic hydroxyl groups excluding tert-OH is 2. The molecule has 9 heteroatoms. The minimum atomic E-state index is -1.25. The number of nitrogens with two attached hydrogens (primary N) is 1. The topological polar surface area (TPSA) is 132 Å². The largest absolute Gasteiger partial charge is 0.463 e. The van der Waals surface area contributed by atoms with E-state index in [-0.39, 0.29) is 18.5 Å². The maximum atomic E-state index is 12.5. The highest BCUT2D eigenvalue weighted by atomic mass is 16.6. The van der Waals surface area contributed by atoms with E-state index in [4.69, 9.17) is 15.2 Å². The number of ether oxygens (including phenoxy) is 2. The summed E-state index contributed by atoms with van der Waals surface area (Å²) in [5, 5.41) is 25.5. The molecule has 0 bridgehead atoms. The zero-order valence-electron chi connectivity index (χ0n) is 17.4. The number of esters is 1. The first kappa shape index (κ1) is 21.0. The molecule has 164 valence electrons. The Morgan fingerprint density at radius 2 is 2.10 bits per heavy atom. The Bertz CT molecular complexity index is 912. The quantitative estimate of drug-likeness (QED) is 0.621. The van der Waals surface area contributed by atoms with Crippen LogP contribution in [0, 0.1) is 11.8 Å². The Kier molecular flexibility index (Phi) is 5.69. The van der Waals surface area contributed by atoms with Gasteiger partial charge in [0.1, 0.15) is 42.4 Å². The van der Waals surface area contributed by atoms with Crippen molar-refractivity contribution in [1.82, 2.24) is 14.6 Å². The maximum Gasteiger partial charge on any atom is 0.309 e. The number of fused-ring (bicyclic) bond motifs is 1. The van der Waals surface area contributed by atoms with Crippen LogP contribution in [0.2, 0.25) is 0 Å². The van der Waals surface area contributed by atoms with Gasteiger partial charge in [0.15, 0.2) is 5.82 Å². The average Bonchev–Trinajstić information content (AvgIpc) is 3.29. The monoisotopic (exact) mass is 418 g/mol. The van der Waals surface area contributed by atoms with Crippen molar-refractivity contribution in [3.63, 3.8) is 0 Å². The molecule has 5 atom stereocenters. The molecule has 4 N–H and O–H groups in total. The summed E-state index contributed by atoms with van der Waals surface area (Å²) in [6, 6.07) is 3.47. The van der Waals surface area contributed by atoms with Crippen molar-refractivity contribution in [2.45, 2.75) is 69.9 Å². The fourth-order valence-corrected chi connectivity index (χ4v) is 4.78. The molecular formula is C21H30N4O5. The van der Waals surface area contributed by atoms with Gasteiger partial charge in [-0.15, -0.1) is 0 Å². The molecule has 9 nitrogen and oxygen atoms in total. The average molecular weight is 418 g/mol. The van der Waals surface area contributed by atoms with Crippen LogP contribution in [-0.2, 0) is 19.9 Å². The van der Waals surface area contributed by atoms with E-state index in [0.29, 0.717) is 22.9 Å². The third kappa shape index (κ3) is 3.55. The molecule has 2 aromatic heterocycles. The lowest BCUT2D eigenvalue weighted by Crippen LogP contribution is -2.39. The van der Waals surface area contributed by atoms with Crippen LogP contribution < -0.4 is 5.73 Å². The number of hydrogen-bond donors (Lipinski definition) is 3. The summed E-state index contributed by atoms with van der Waals surface area (Å²) >= 11 is 0. The van der Waals surface area contributed by atoms with Crippen molar-refractivity contribution in [1.29, 1.82) is 0 Å². The Morgan fingerprint density at radius 3 is 2.83 bits per heavy atom. The molecule has 1 saturated carbocycles. The summed E-state index contributed by atoms with van der Waals surface area (Å²) in [6.45, 7) is 3.46. The predicted molar refractivity (Wildman–Crippen MR) is 108 cm³/mol. The van der Waals surface area contributed by atoms with Gasteiger partial charge in [0.2, 0.25) is 0 Å². The minimum Gasteiger partial charge on any atom is -0.463 e. The van der Waals surface area contributed by atoms with Crippen LogP contribution in [0.25, 0.3) is 5.52 Å². The SMILES string of the molecule is C[C@@H](C(=O)OC[C@H]1O[C@@](C)(c2ccc3c(N)ncnn23)[C@H](O)[C@@H]1O)C1CCCCC1. The molecule has 1 aliphatic heterocycles. The lowest BCUT2D eigenvalue weighted by Gasteiger charge is -2.28. The first-order valence-electron chi connectivity index (χ1n) is 10.6. The van der Waals surface area contributed by atoms with Gasteiger partial charge in [-0.25, -0.2) is 9.50 Å². The van der Waals surface area contributed by atoms with Gasteiger partial charge < -0.3 is 25.4 Å². The van der Waals surface area contributed by atoms with E-state index in [1.165, 1.54) is 17.3 Å². The van der Waals surface area contributed by atoms with E-state index in [9.17, 15) is 15.0 Å². The number of anilines is 1. The Labute approximate surface area is 175 Å². The molecule has 3 heterocycles.